The second-order valence-corrected chi connectivity index (χ2v) is 7.87. The van der Waals surface area contributed by atoms with Crippen LogP contribution in [0.3, 0.4) is 0 Å². The van der Waals surface area contributed by atoms with E-state index in [-0.39, 0.29) is 11.8 Å². The Balaban J connectivity index is 1.46. The van der Waals surface area contributed by atoms with Crippen molar-refractivity contribution >= 4 is 16.8 Å². The summed E-state index contributed by atoms with van der Waals surface area (Å²) in [6.07, 6.45) is 7.85. The molecule has 5 heteroatoms. The van der Waals surface area contributed by atoms with Crippen molar-refractivity contribution in [2.45, 2.75) is 25.2 Å². The van der Waals surface area contributed by atoms with E-state index in [0.29, 0.717) is 6.42 Å². The van der Waals surface area contributed by atoms with E-state index < -0.39 is 0 Å². The van der Waals surface area contributed by atoms with Gasteiger partial charge in [0.05, 0.1) is 6.42 Å². The number of H-pyrrole nitrogens is 1. The van der Waals surface area contributed by atoms with E-state index in [0.717, 1.165) is 42.7 Å². The van der Waals surface area contributed by atoms with Crippen LogP contribution in [0.5, 0.6) is 0 Å². The molecule has 0 unspecified atom stereocenters. The first-order valence-corrected chi connectivity index (χ1v) is 10.5. The number of amides is 1. The summed E-state index contributed by atoms with van der Waals surface area (Å²) in [5, 5.41) is 1.22. The normalized spacial score (nSPS) is 16.7. The molecule has 0 radical (unpaired) electrons. The van der Waals surface area contributed by atoms with Crippen LogP contribution in [-0.2, 0) is 11.2 Å². The number of pyridine rings is 2. The Labute approximate surface area is 175 Å². The SMILES string of the molecule is O=C(Cc1ccccn1)N1CCC[C@@H](c2[nH]c3ccccc3c2-c2ccncc2)C1. The number of benzene rings is 1. The van der Waals surface area contributed by atoms with E-state index in [2.05, 4.69) is 51.4 Å². The predicted octanol–water partition coefficient (Wildman–Crippen LogP) is 4.57. The Morgan fingerprint density at radius 3 is 2.70 bits per heavy atom. The Hall–Kier alpha value is -3.47. The largest absolute Gasteiger partial charge is 0.358 e. The fourth-order valence-corrected chi connectivity index (χ4v) is 4.51. The summed E-state index contributed by atoms with van der Waals surface area (Å²) < 4.78 is 0. The fraction of sp³-hybridized carbons (Fsp3) is 0.240. The van der Waals surface area contributed by atoms with E-state index in [9.17, 15) is 4.79 Å². The number of hydrogen-bond donors (Lipinski definition) is 1. The van der Waals surface area contributed by atoms with Gasteiger partial charge < -0.3 is 9.88 Å². The predicted molar refractivity (Wildman–Crippen MR) is 118 cm³/mol. The molecule has 1 aliphatic heterocycles. The molecule has 1 saturated heterocycles. The zero-order chi connectivity index (χ0) is 20.3. The van der Waals surface area contributed by atoms with E-state index in [4.69, 9.17) is 0 Å². The first kappa shape index (κ1) is 18.6. The van der Waals surface area contributed by atoms with Gasteiger partial charge in [-0.15, -0.1) is 0 Å². The molecule has 5 nitrogen and oxygen atoms in total. The number of likely N-dealkylation sites (tertiary alicyclic amines) is 1. The highest BCUT2D eigenvalue weighted by molar-refractivity contribution is 5.97. The summed E-state index contributed by atoms with van der Waals surface area (Å²) in [7, 11) is 0. The fourth-order valence-electron chi connectivity index (χ4n) is 4.51. The molecular weight excluding hydrogens is 372 g/mol. The van der Waals surface area contributed by atoms with Gasteiger partial charge in [-0.25, -0.2) is 0 Å². The van der Waals surface area contributed by atoms with E-state index in [1.54, 1.807) is 6.20 Å². The number of carbonyl (C=O) groups is 1. The molecule has 30 heavy (non-hydrogen) atoms. The first-order valence-electron chi connectivity index (χ1n) is 10.5. The zero-order valence-electron chi connectivity index (χ0n) is 16.8. The number of piperidine rings is 1. The molecule has 1 amide bonds. The maximum Gasteiger partial charge on any atom is 0.228 e. The van der Waals surface area contributed by atoms with Gasteiger partial charge in [0.15, 0.2) is 0 Å². The number of aromatic amines is 1. The minimum absolute atomic E-state index is 0.153. The Bertz CT molecular complexity index is 1150. The number of para-hydroxylation sites is 1. The molecular formula is C25H24N4O. The van der Waals surface area contributed by atoms with Crippen LogP contribution in [0, 0.1) is 0 Å². The van der Waals surface area contributed by atoms with E-state index in [1.807, 2.05) is 35.5 Å². The number of fused-ring (bicyclic) bond motifs is 1. The Morgan fingerprint density at radius 2 is 1.87 bits per heavy atom. The molecule has 3 aromatic heterocycles. The van der Waals surface area contributed by atoms with Crippen LogP contribution >= 0.6 is 0 Å². The third kappa shape index (κ3) is 3.59. The van der Waals surface area contributed by atoms with Crippen molar-refractivity contribution in [2.24, 2.45) is 0 Å². The molecule has 0 spiro atoms. The van der Waals surface area contributed by atoms with Crippen molar-refractivity contribution < 1.29 is 4.79 Å². The van der Waals surface area contributed by atoms with Gasteiger partial charge in [0, 0.05) is 65.5 Å². The summed E-state index contributed by atoms with van der Waals surface area (Å²) >= 11 is 0. The lowest BCUT2D eigenvalue weighted by Gasteiger charge is -2.33. The molecule has 0 bridgehead atoms. The standard InChI is InChI=1S/C25H24N4O/c30-23(16-20-7-3-4-12-27-20)29-15-5-6-19(17-29)25-24(18-10-13-26-14-11-18)21-8-1-2-9-22(21)28-25/h1-4,7-14,19,28H,5-6,15-17H2/t19-/m1/s1. The van der Waals surface area contributed by atoms with E-state index >= 15 is 0 Å². The lowest BCUT2D eigenvalue weighted by molar-refractivity contribution is -0.131. The van der Waals surface area contributed by atoms with Crippen LogP contribution in [0.2, 0.25) is 0 Å². The lowest BCUT2D eigenvalue weighted by Crippen LogP contribution is -2.40. The number of carbonyl (C=O) groups excluding carboxylic acids is 1. The van der Waals surface area contributed by atoms with Crippen molar-refractivity contribution in [3.63, 3.8) is 0 Å². The van der Waals surface area contributed by atoms with Crippen molar-refractivity contribution in [1.82, 2.24) is 19.9 Å². The van der Waals surface area contributed by atoms with Crippen molar-refractivity contribution in [3.8, 4) is 11.1 Å². The topological polar surface area (TPSA) is 61.9 Å². The van der Waals surface area contributed by atoms with Gasteiger partial charge in [0.25, 0.3) is 0 Å². The molecule has 0 aliphatic carbocycles. The van der Waals surface area contributed by atoms with Crippen LogP contribution in [0.15, 0.2) is 73.2 Å². The summed E-state index contributed by atoms with van der Waals surface area (Å²) in [5.74, 6) is 0.432. The average Bonchev–Trinajstić information content (AvgIpc) is 3.20. The number of nitrogens with one attached hydrogen (secondary N) is 1. The highest BCUT2D eigenvalue weighted by Crippen LogP contribution is 2.39. The van der Waals surface area contributed by atoms with Gasteiger partial charge >= 0.3 is 0 Å². The number of aromatic nitrogens is 3. The van der Waals surface area contributed by atoms with Crippen molar-refractivity contribution in [3.05, 3.63) is 84.6 Å². The Kier molecular flexibility index (Phi) is 5.01. The number of rotatable bonds is 4. The second-order valence-electron chi connectivity index (χ2n) is 7.87. The highest BCUT2D eigenvalue weighted by atomic mass is 16.2. The third-order valence-corrected chi connectivity index (χ3v) is 5.94. The molecule has 1 aromatic carbocycles. The van der Waals surface area contributed by atoms with Crippen LogP contribution < -0.4 is 0 Å². The van der Waals surface area contributed by atoms with Crippen LogP contribution in [0.4, 0.5) is 0 Å². The minimum Gasteiger partial charge on any atom is -0.358 e. The second kappa shape index (κ2) is 8.11. The van der Waals surface area contributed by atoms with Gasteiger partial charge in [-0.1, -0.05) is 24.3 Å². The molecule has 0 saturated carbocycles. The molecule has 1 N–H and O–H groups in total. The molecule has 5 rings (SSSR count). The minimum atomic E-state index is 0.153. The summed E-state index contributed by atoms with van der Waals surface area (Å²) in [6.45, 7) is 1.55. The maximum atomic E-state index is 12.9. The van der Waals surface area contributed by atoms with Crippen LogP contribution in [0.1, 0.15) is 30.1 Å². The summed E-state index contributed by atoms with van der Waals surface area (Å²) in [6, 6.07) is 18.3. The lowest BCUT2D eigenvalue weighted by atomic mass is 9.89. The summed E-state index contributed by atoms with van der Waals surface area (Å²) in [5.41, 5.74) is 5.58. The molecule has 4 aromatic rings. The maximum absolute atomic E-state index is 12.9. The number of hydrogen-bond acceptors (Lipinski definition) is 3. The molecule has 1 fully saturated rings. The zero-order valence-corrected chi connectivity index (χ0v) is 16.8. The monoisotopic (exact) mass is 396 g/mol. The van der Waals surface area contributed by atoms with E-state index in [1.165, 1.54) is 16.6 Å². The van der Waals surface area contributed by atoms with Gasteiger partial charge in [0.1, 0.15) is 0 Å². The summed E-state index contributed by atoms with van der Waals surface area (Å²) in [4.78, 5) is 27.1. The van der Waals surface area contributed by atoms with Gasteiger partial charge in [-0.3, -0.25) is 14.8 Å². The Morgan fingerprint density at radius 1 is 1.03 bits per heavy atom. The van der Waals surface area contributed by atoms with Crippen molar-refractivity contribution in [1.29, 1.82) is 0 Å². The van der Waals surface area contributed by atoms with Gasteiger partial charge in [-0.05, 0) is 48.7 Å². The molecule has 4 heterocycles. The highest BCUT2D eigenvalue weighted by Gasteiger charge is 2.28. The van der Waals surface area contributed by atoms with Gasteiger partial charge in [-0.2, -0.15) is 0 Å². The van der Waals surface area contributed by atoms with Crippen molar-refractivity contribution in [2.75, 3.05) is 13.1 Å². The quantitative estimate of drug-likeness (QED) is 0.549. The molecule has 150 valence electrons. The smallest absolute Gasteiger partial charge is 0.228 e. The van der Waals surface area contributed by atoms with Gasteiger partial charge in [0.2, 0.25) is 5.91 Å². The number of nitrogens with zero attached hydrogens (tertiary/aromatic N) is 3. The third-order valence-electron chi connectivity index (χ3n) is 5.94. The molecule has 1 aliphatic rings. The average molecular weight is 396 g/mol. The first-order chi connectivity index (χ1) is 14.8. The molecule has 1 atom stereocenters. The van der Waals surface area contributed by atoms with Crippen LogP contribution in [-0.4, -0.2) is 38.8 Å². The van der Waals surface area contributed by atoms with Crippen LogP contribution in [0.25, 0.3) is 22.0 Å².